The lowest BCUT2D eigenvalue weighted by atomic mass is 10.0. The largest absolute Gasteiger partial charge is 0.384 e. The van der Waals surface area contributed by atoms with E-state index in [0.717, 1.165) is 23.7 Å². The molecule has 0 saturated carbocycles. The Balaban J connectivity index is 1.67. The Labute approximate surface area is 174 Å². The lowest BCUT2D eigenvalue weighted by Gasteiger charge is -2.11. The molecule has 0 saturated heterocycles. The van der Waals surface area contributed by atoms with Gasteiger partial charge in [-0.15, -0.1) is 0 Å². The number of halogens is 1. The average Bonchev–Trinajstić information content (AvgIpc) is 3.36. The molecule has 2 aromatic carbocycles. The highest BCUT2D eigenvalue weighted by atomic mass is 32.2. The van der Waals surface area contributed by atoms with E-state index >= 15 is 0 Å². The highest BCUT2D eigenvalue weighted by Gasteiger charge is 2.30. The molecule has 1 atom stereocenters. The van der Waals surface area contributed by atoms with Gasteiger partial charge in [-0.05, 0) is 49.4 Å². The topological polar surface area (TPSA) is 52.3 Å². The summed E-state index contributed by atoms with van der Waals surface area (Å²) in [5.74, 6) is 2.11. The Kier molecular flexibility index (Phi) is 5.67. The van der Waals surface area contributed by atoms with Crippen molar-refractivity contribution in [2.75, 3.05) is 12.0 Å². The van der Waals surface area contributed by atoms with Gasteiger partial charge >= 0.3 is 0 Å². The highest BCUT2D eigenvalue weighted by molar-refractivity contribution is 7.98. The molecular formula is C22H23FN4OS. The van der Waals surface area contributed by atoms with Crippen LogP contribution in [-0.2, 0) is 11.3 Å². The molecule has 1 aliphatic rings. The summed E-state index contributed by atoms with van der Waals surface area (Å²) in [6.07, 6.45) is 2.89. The zero-order valence-electron chi connectivity index (χ0n) is 16.7. The van der Waals surface area contributed by atoms with E-state index in [2.05, 4.69) is 37.4 Å². The van der Waals surface area contributed by atoms with Crippen molar-refractivity contribution in [3.05, 3.63) is 76.6 Å². The van der Waals surface area contributed by atoms with Gasteiger partial charge in [0.05, 0.1) is 11.4 Å². The summed E-state index contributed by atoms with van der Waals surface area (Å²) in [6.45, 7) is 4.16. The maximum absolute atomic E-state index is 14.2. The van der Waals surface area contributed by atoms with E-state index in [-0.39, 0.29) is 5.82 Å². The SMILES string of the molecule is CSCCc1nc(C2CC(c3ccccc3F)=NO2)n(-c2ccc(C)c(C)c2)n1. The van der Waals surface area contributed by atoms with Gasteiger partial charge in [0.2, 0.25) is 0 Å². The van der Waals surface area contributed by atoms with E-state index in [0.29, 0.717) is 23.5 Å². The molecule has 0 N–H and O–H groups in total. The van der Waals surface area contributed by atoms with E-state index < -0.39 is 6.10 Å². The Morgan fingerprint density at radius 3 is 2.76 bits per heavy atom. The van der Waals surface area contributed by atoms with Gasteiger partial charge in [-0.25, -0.2) is 14.1 Å². The number of aromatic nitrogens is 3. The third kappa shape index (κ3) is 4.05. The third-order valence-corrected chi connectivity index (χ3v) is 5.69. The maximum Gasteiger partial charge on any atom is 0.192 e. The van der Waals surface area contributed by atoms with Crippen LogP contribution in [0.1, 0.15) is 40.9 Å². The predicted molar refractivity (Wildman–Crippen MR) is 114 cm³/mol. The highest BCUT2D eigenvalue weighted by Crippen LogP contribution is 2.31. The molecule has 1 unspecified atom stereocenters. The normalized spacial score (nSPS) is 16.0. The van der Waals surface area contributed by atoms with Crippen LogP contribution in [0.4, 0.5) is 4.39 Å². The Bertz CT molecular complexity index is 1060. The van der Waals surface area contributed by atoms with E-state index in [1.54, 1.807) is 30.0 Å². The number of hydrogen-bond acceptors (Lipinski definition) is 5. The molecule has 2 heterocycles. The number of oxime groups is 1. The minimum atomic E-state index is -0.401. The smallest absolute Gasteiger partial charge is 0.192 e. The molecule has 150 valence electrons. The summed E-state index contributed by atoms with van der Waals surface area (Å²) in [5.41, 5.74) is 4.41. The Morgan fingerprint density at radius 1 is 1.17 bits per heavy atom. The predicted octanol–water partition coefficient (Wildman–Crippen LogP) is 4.79. The molecule has 3 aromatic rings. The molecule has 0 radical (unpaired) electrons. The minimum absolute atomic E-state index is 0.299. The number of thioether (sulfide) groups is 1. The van der Waals surface area contributed by atoms with Gasteiger partial charge in [-0.1, -0.05) is 29.4 Å². The van der Waals surface area contributed by atoms with Crippen LogP contribution < -0.4 is 0 Å². The molecule has 7 heteroatoms. The number of aryl methyl sites for hydroxylation is 3. The minimum Gasteiger partial charge on any atom is -0.384 e. The maximum atomic E-state index is 14.2. The van der Waals surface area contributed by atoms with Gasteiger partial charge in [-0.3, -0.25) is 0 Å². The summed E-state index contributed by atoms with van der Waals surface area (Å²) in [4.78, 5) is 10.4. The Hall–Kier alpha value is -2.67. The average molecular weight is 411 g/mol. The first-order chi connectivity index (χ1) is 14.1. The number of hydrogen-bond donors (Lipinski definition) is 0. The number of nitrogens with zero attached hydrogens (tertiary/aromatic N) is 4. The molecule has 0 spiro atoms. The molecule has 1 aromatic heterocycles. The van der Waals surface area contributed by atoms with Crippen molar-refractivity contribution < 1.29 is 9.23 Å². The van der Waals surface area contributed by atoms with Crippen LogP contribution in [0.25, 0.3) is 5.69 Å². The Morgan fingerprint density at radius 2 is 2.00 bits per heavy atom. The molecule has 0 amide bonds. The van der Waals surface area contributed by atoms with Crippen LogP contribution in [0.3, 0.4) is 0 Å². The lowest BCUT2D eigenvalue weighted by Crippen LogP contribution is -2.10. The van der Waals surface area contributed by atoms with Crippen LogP contribution in [0.2, 0.25) is 0 Å². The summed E-state index contributed by atoms with van der Waals surface area (Å²) >= 11 is 1.76. The van der Waals surface area contributed by atoms with E-state index in [4.69, 9.17) is 14.9 Å². The van der Waals surface area contributed by atoms with Crippen LogP contribution in [0, 0.1) is 19.7 Å². The number of benzene rings is 2. The monoisotopic (exact) mass is 410 g/mol. The first kappa shape index (κ1) is 19.6. The van der Waals surface area contributed by atoms with Gasteiger partial charge in [0.25, 0.3) is 0 Å². The molecule has 1 aliphatic heterocycles. The second-order valence-electron chi connectivity index (χ2n) is 7.13. The van der Waals surface area contributed by atoms with Gasteiger partial charge in [0.15, 0.2) is 17.8 Å². The molecule has 4 rings (SSSR count). The van der Waals surface area contributed by atoms with Crippen molar-refractivity contribution in [1.82, 2.24) is 14.8 Å². The standard InChI is InChI=1S/C22H23FN4OS/c1-14-8-9-16(12-15(14)2)27-22(24-21(25-27)10-11-29-3)20-13-19(26-28-20)17-6-4-5-7-18(17)23/h4-9,12,20H,10-11,13H2,1-3H3. The first-order valence-corrected chi connectivity index (χ1v) is 11.0. The molecule has 0 aliphatic carbocycles. The summed E-state index contributed by atoms with van der Waals surface area (Å²) in [6, 6.07) is 12.8. The van der Waals surface area contributed by atoms with Gasteiger partial charge in [0, 0.05) is 24.2 Å². The quantitative estimate of drug-likeness (QED) is 0.586. The van der Waals surface area contributed by atoms with Crippen LogP contribution in [0.5, 0.6) is 0 Å². The first-order valence-electron chi connectivity index (χ1n) is 9.57. The van der Waals surface area contributed by atoms with Crippen LogP contribution in [0.15, 0.2) is 47.6 Å². The van der Waals surface area contributed by atoms with Gasteiger partial charge < -0.3 is 4.84 Å². The summed E-state index contributed by atoms with van der Waals surface area (Å²) in [7, 11) is 0. The van der Waals surface area contributed by atoms with E-state index in [1.165, 1.54) is 17.2 Å². The summed E-state index contributed by atoms with van der Waals surface area (Å²) < 4.78 is 16.0. The van der Waals surface area contributed by atoms with Crippen LogP contribution >= 0.6 is 11.8 Å². The van der Waals surface area contributed by atoms with E-state index in [1.807, 2.05) is 10.7 Å². The fourth-order valence-corrected chi connectivity index (χ4v) is 3.68. The number of rotatable bonds is 6. The van der Waals surface area contributed by atoms with Crippen molar-refractivity contribution in [2.24, 2.45) is 5.16 Å². The fourth-order valence-electron chi connectivity index (χ4n) is 3.29. The zero-order chi connectivity index (χ0) is 20.4. The zero-order valence-corrected chi connectivity index (χ0v) is 17.5. The third-order valence-electron chi connectivity index (χ3n) is 5.08. The second-order valence-corrected chi connectivity index (χ2v) is 8.11. The molecule has 0 fully saturated rings. The van der Waals surface area contributed by atoms with E-state index in [9.17, 15) is 4.39 Å². The van der Waals surface area contributed by atoms with Crippen molar-refractivity contribution in [3.8, 4) is 5.69 Å². The second kappa shape index (κ2) is 8.37. The molecular weight excluding hydrogens is 387 g/mol. The molecule has 29 heavy (non-hydrogen) atoms. The van der Waals surface area contributed by atoms with Crippen molar-refractivity contribution >= 4 is 17.5 Å². The van der Waals surface area contributed by atoms with Crippen molar-refractivity contribution in [3.63, 3.8) is 0 Å². The fraction of sp³-hybridized carbons (Fsp3) is 0.318. The van der Waals surface area contributed by atoms with Gasteiger partial charge in [-0.2, -0.15) is 16.9 Å². The molecule has 0 bridgehead atoms. The van der Waals surface area contributed by atoms with Crippen molar-refractivity contribution in [1.29, 1.82) is 0 Å². The van der Waals surface area contributed by atoms with Crippen LogP contribution in [-0.4, -0.2) is 32.5 Å². The van der Waals surface area contributed by atoms with Crippen molar-refractivity contribution in [2.45, 2.75) is 32.8 Å². The lowest BCUT2D eigenvalue weighted by molar-refractivity contribution is 0.0775. The van der Waals surface area contributed by atoms with Gasteiger partial charge in [0.1, 0.15) is 5.82 Å². The molecule has 5 nitrogen and oxygen atoms in total. The summed E-state index contributed by atoms with van der Waals surface area (Å²) in [5, 5.41) is 8.89.